The van der Waals surface area contributed by atoms with E-state index in [1.54, 1.807) is 38.4 Å². The molecule has 0 saturated carbocycles. The zero-order valence-electron chi connectivity index (χ0n) is 13.2. The monoisotopic (exact) mass is 342 g/mol. The molecule has 0 unspecified atom stereocenters. The number of carbonyl (C=O) groups is 1. The zero-order valence-corrected chi connectivity index (χ0v) is 13.9. The maximum Gasteiger partial charge on any atom is 0.321 e. The van der Waals surface area contributed by atoms with Crippen LogP contribution in [0.15, 0.2) is 53.1 Å². The minimum atomic E-state index is -0.206. The number of aromatic nitrogens is 2. The van der Waals surface area contributed by atoms with Crippen LogP contribution in [-0.4, -0.2) is 35.2 Å². The summed E-state index contributed by atoms with van der Waals surface area (Å²) in [6.07, 6.45) is 0. The molecule has 0 saturated heterocycles. The van der Waals surface area contributed by atoms with E-state index in [1.165, 1.54) is 4.90 Å². The third kappa shape index (κ3) is 3.55. The highest BCUT2D eigenvalue weighted by Gasteiger charge is 2.12. The van der Waals surface area contributed by atoms with Gasteiger partial charge in [0.15, 0.2) is 0 Å². The van der Waals surface area contributed by atoms with Crippen LogP contribution < -0.4 is 5.32 Å². The van der Waals surface area contributed by atoms with Crippen molar-refractivity contribution in [3.63, 3.8) is 0 Å². The molecule has 6 nitrogen and oxygen atoms in total. The molecule has 3 rings (SSSR count). The van der Waals surface area contributed by atoms with Gasteiger partial charge in [0.1, 0.15) is 0 Å². The zero-order chi connectivity index (χ0) is 17.1. The first-order valence-corrected chi connectivity index (χ1v) is 7.59. The number of nitrogens with zero attached hydrogens (tertiary/aromatic N) is 3. The molecule has 0 aliphatic carbocycles. The van der Waals surface area contributed by atoms with E-state index in [0.717, 1.165) is 11.1 Å². The average molecular weight is 343 g/mol. The molecule has 0 aliphatic heterocycles. The average Bonchev–Trinajstić information content (AvgIpc) is 3.05. The summed E-state index contributed by atoms with van der Waals surface area (Å²) in [6, 6.07) is 14.2. The molecule has 2 amide bonds. The van der Waals surface area contributed by atoms with Crippen molar-refractivity contribution in [3.8, 4) is 22.8 Å². The van der Waals surface area contributed by atoms with Gasteiger partial charge in [-0.2, -0.15) is 4.98 Å². The Bertz CT molecular complexity index is 859. The van der Waals surface area contributed by atoms with Gasteiger partial charge in [0.25, 0.3) is 5.89 Å². The molecule has 0 atom stereocenters. The van der Waals surface area contributed by atoms with Crippen molar-refractivity contribution in [1.29, 1.82) is 0 Å². The summed E-state index contributed by atoms with van der Waals surface area (Å²) >= 11 is 5.88. The molecule has 1 N–H and O–H groups in total. The molecular weight excluding hydrogens is 328 g/mol. The Morgan fingerprint density at radius 2 is 1.88 bits per heavy atom. The Hall–Kier alpha value is -2.86. The molecule has 0 spiro atoms. The fraction of sp³-hybridized carbons (Fsp3) is 0.118. The smallest absolute Gasteiger partial charge is 0.321 e. The molecule has 122 valence electrons. The van der Waals surface area contributed by atoms with Gasteiger partial charge in [-0.25, -0.2) is 4.79 Å². The van der Waals surface area contributed by atoms with Crippen LogP contribution in [0.4, 0.5) is 10.5 Å². The van der Waals surface area contributed by atoms with E-state index in [4.69, 9.17) is 16.1 Å². The number of hydrogen-bond donors (Lipinski definition) is 1. The lowest BCUT2D eigenvalue weighted by molar-refractivity contribution is 0.230. The minimum absolute atomic E-state index is 0.206. The number of benzene rings is 2. The van der Waals surface area contributed by atoms with Crippen LogP contribution in [0, 0.1) is 0 Å². The summed E-state index contributed by atoms with van der Waals surface area (Å²) in [5, 5.41) is 7.42. The van der Waals surface area contributed by atoms with Crippen LogP contribution in [0.5, 0.6) is 0 Å². The van der Waals surface area contributed by atoms with Crippen LogP contribution in [-0.2, 0) is 0 Å². The number of halogens is 1. The first-order valence-electron chi connectivity index (χ1n) is 7.21. The van der Waals surface area contributed by atoms with E-state index < -0.39 is 0 Å². The molecular formula is C17H15ClN4O2. The molecule has 24 heavy (non-hydrogen) atoms. The Labute approximate surface area is 144 Å². The molecule has 0 aliphatic rings. The Kier molecular flexibility index (Phi) is 4.48. The van der Waals surface area contributed by atoms with Gasteiger partial charge in [-0.15, -0.1) is 0 Å². The molecule has 3 aromatic rings. The SMILES string of the molecule is CN(C)C(=O)Nc1cccc(-c2noc(-c3ccc(Cl)cc3)n2)c1. The van der Waals surface area contributed by atoms with Crippen molar-refractivity contribution in [2.45, 2.75) is 0 Å². The van der Waals surface area contributed by atoms with Gasteiger partial charge in [0, 0.05) is 35.9 Å². The van der Waals surface area contributed by atoms with Crippen molar-refractivity contribution in [3.05, 3.63) is 53.6 Å². The molecule has 0 bridgehead atoms. The number of hydrogen-bond acceptors (Lipinski definition) is 4. The third-order valence-corrected chi connectivity index (χ3v) is 3.55. The van der Waals surface area contributed by atoms with Crippen LogP contribution in [0.25, 0.3) is 22.8 Å². The van der Waals surface area contributed by atoms with Gasteiger partial charge in [-0.1, -0.05) is 28.9 Å². The van der Waals surface area contributed by atoms with Crippen molar-refractivity contribution in [2.75, 3.05) is 19.4 Å². The van der Waals surface area contributed by atoms with E-state index in [9.17, 15) is 4.79 Å². The highest BCUT2D eigenvalue weighted by Crippen LogP contribution is 2.25. The number of carbonyl (C=O) groups excluding carboxylic acids is 1. The summed E-state index contributed by atoms with van der Waals surface area (Å²) < 4.78 is 5.30. The summed E-state index contributed by atoms with van der Waals surface area (Å²) in [5.41, 5.74) is 2.19. The fourth-order valence-electron chi connectivity index (χ4n) is 2.02. The van der Waals surface area contributed by atoms with Gasteiger partial charge in [0.05, 0.1) is 0 Å². The fourth-order valence-corrected chi connectivity index (χ4v) is 2.15. The van der Waals surface area contributed by atoms with Crippen LogP contribution in [0.2, 0.25) is 5.02 Å². The number of rotatable bonds is 3. The summed E-state index contributed by atoms with van der Waals surface area (Å²) in [4.78, 5) is 17.6. The molecule has 2 aromatic carbocycles. The van der Waals surface area contributed by atoms with E-state index in [0.29, 0.717) is 22.4 Å². The van der Waals surface area contributed by atoms with Crippen molar-refractivity contribution >= 4 is 23.3 Å². The van der Waals surface area contributed by atoms with Crippen LogP contribution in [0.1, 0.15) is 0 Å². The first-order chi connectivity index (χ1) is 11.5. The number of nitrogens with one attached hydrogen (secondary N) is 1. The number of anilines is 1. The highest BCUT2D eigenvalue weighted by molar-refractivity contribution is 6.30. The van der Waals surface area contributed by atoms with Gasteiger partial charge in [0.2, 0.25) is 5.82 Å². The predicted octanol–water partition coefficient (Wildman–Crippen LogP) is 4.15. The van der Waals surface area contributed by atoms with E-state index in [-0.39, 0.29) is 6.03 Å². The molecule has 7 heteroatoms. The Morgan fingerprint density at radius 1 is 1.12 bits per heavy atom. The summed E-state index contributed by atoms with van der Waals surface area (Å²) in [7, 11) is 3.35. The minimum Gasteiger partial charge on any atom is -0.334 e. The van der Waals surface area contributed by atoms with Gasteiger partial charge in [-0.3, -0.25) is 0 Å². The molecule has 1 heterocycles. The lowest BCUT2D eigenvalue weighted by Gasteiger charge is -2.12. The highest BCUT2D eigenvalue weighted by atomic mass is 35.5. The second-order valence-corrected chi connectivity index (χ2v) is 5.77. The third-order valence-electron chi connectivity index (χ3n) is 3.30. The topological polar surface area (TPSA) is 71.3 Å². The molecule has 1 aromatic heterocycles. The number of amides is 2. The maximum absolute atomic E-state index is 11.7. The van der Waals surface area contributed by atoms with Gasteiger partial charge < -0.3 is 14.7 Å². The van der Waals surface area contributed by atoms with E-state index in [1.807, 2.05) is 24.3 Å². The second kappa shape index (κ2) is 6.72. The quantitative estimate of drug-likeness (QED) is 0.776. The summed E-state index contributed by atoms with van der Waals surface area (Å²) in [6.45, 7) is 0. The van der Waals surface area contributed by atoms with Crippen LogP contribution in [0.3, 0.4) is 0 Å². The van der Waals surface area contributed by atoms with Gasteiger partial charge >= 0.3 is 6.03 Å². The largest absolute Gasteiger partial charge is 0.334 e. The predicted molar refractivity (Wildman–Crippen MR) is 92.9 cm³/mol. The van der Waals surface area contributed by atoms with E-state index in [2.05, 4.69) is 15.5 Å². The van der Waals surface area contributed by atoms with Crippen molar-refractivity contribution in [2.24, 2.45) is 0 Å². The molecule has 0 fully saturated rings. The van der Waals surface area contributed by atoms with Crippen molar-refractivity contribution < 1.29 is 9.32 Å². The standard InChI is InChI=1S/C17H15ClN4O2/c1-22(2)17(23)19-14-5-3-4-12(10-14)15-20-16(24-21-15)11-6-8-13(18)9-7-11/h3-10H,1-2H3,(H,19,23). The second-order valence-electron chi connectivity index (χ2n) is 5.34. The van der Waals surface area contributed by atoms with E-state index >= 15 is 0 Å². The van der Waals surface area contributed by atoms with Crippen LogP contribution >= 0.6 is 11.6 Å². The maximum atomic E-state index is 11.7. The molecule has 0 radical (unpaired) electrons. The first kappa shape index (κ1) is 16.0. The number of urea groups is 1. The lowest BCUT2D eigenvalue weighted by atomic mass is 10.2. The Morgan fingerprint density at radius 3 is 2.58 bits per heavy atom. The summed E-state index contributed by atoms with van der Waals surface area (Å²) in [5.74, 6) is 0.852. The Balaban J connectivity index is 1.85. The van der Waals surface area contributed by atoms with Gasteiger partial charge in [-0.05, 0) is 36.4 Å². The van der Waals surface area contributed by atoms with Crippen molar-refractivity contribution in [1.82, 2.24) is 15.0 Å². The normalized spacial score (nSPS) is 10.5. The lowest BCUT2D eigenvalue weighted by Crippen LogP contribution is -2.27.